The molecule has 5 aliphatic rings. The van der Waals surface area contributed by atoms with Crippen LogP contribution in [-0.4, -0.2) is 30.4 Å². The predicted octanol–water partition coefficient (Wildman–Crippen LogP) is 3.91. The summed E-state index contributed by atoms with van der Waals surface area (Å²) < 4.78 is 11.2. The summed E-state index contributed by atoms with van der Waals surface area (Å²) in [5.41, 5.74) is 1.72. The number of allylic oxidation sites excluding steroid dienone is 4. The number of hydrogen-bond acceptors (Lipinski definition) is 5. The van der Waals surface area contributed by atoms with Gasteiger partial charge in [0.25, 0.3) is 0 Å². The number of rotatable bonds is 1. The summed E-state index contributed by atoms with van der Waals surface area (Å²) >= 11 is 0. The van der Waals surface area contributed by atoms with E-state index >= 15 is 0 Å². The van der Waals surface area contributed by atoms with Crippen LogP contribution in [0.15, 0.2) is 23.3 Å². The SMILES string of the molecule is COC(=O)C1CC2=CC(=O)CCC2(C)C2=CCC3(C)C(CCC34CCC(=O)O4)C21. The molecule has 6 unspecified atom stereocenters. The summed E-state index contributed by atoms with van der Waals surface area (Å²) in [6.07, 6.45) is 10.1. The van der Waals surface area contributed by atoms with Gasteiger partial charge in [0.15, 0.2) is 5.78 Å². The van der Waals surface area contributed by atoms with Gasteiger partial charge in [-0.15, -0.1) is 0 Å². The minimum absolute atomic E-state index is 0.0854. The van der Waals surface area contributed by atoms with Gasteiger partial charge in [0.1, 0.15) is 5.60 Å². The van der Waals surface area contributed by atoms with Crippen LogP contribution in [0.2, 0.25) is 0 Å². The van der Waals surface area contributed by atoms with Gasteiger partial charge >= 0.3 is 11.9 Å². The van der Waals surface area contributed by atoms with E-state index < -0.39 is 5.60 Å². The van der Waals surface area contributed by atoms with Crippen molar-refractivity contribution < 1.29 is 23.9 Å². The van der Waals surface area contributed by atoms with Crippen molar-refractivity contribution in [3.05, 3.63) is 23.3 Å². The van der Waals surface area contributed by atoms with Gasteiger partial charge in [-0.25, -0.2) is 0 Å². The smallest absolute Gasteiger partial charge is 0.309 e. The molecule has 0 aromatic heterocycles. The van der Waals surface area contributed by atoms with E-state index in [4.69, 9.17) is 9.47 Å². The van der Waals surface area contributed by atoms with Crippen LogP contribution in [0.25, 0.3) is 0 Å². The van der Waals surface area contributed by atoms with Crippen molar-refractivity contribution >= 4 is 17.7 Å². The molecule has 3 fully saturated rings. The Morgan fingerprint density at radius 1 is 1.17 bits per heavy atom. The first-order valence-corrected chi connectivity index (χ1v) is 11.0. The van der Waals surface area contributed by atoms with E-state index in [-0.39, 0.29) is 46.3 Å². The van der Waals surface area contributed by atoms with Gasteiger partial charge in [-0.3, -0.25) is 14.4 Å². The molecular weight excluding hydrogens is 368 g/mol. The van der Waals surface area contributed by atoms with Gasteiger partial charge in [0.2, 0.25) is 0 Å². The van der Waals surface area contributed by atoms with Crippen LogP contribution in [0.5, 0.6) is 0 Å². The summed E-state index contributed by atoms with van der Waals surface area (Å²) in [6, 6.07) is 0. The average Bonchev–Trinajstić information content (AvgIpc) is 3.22. The van der Waals surface area contributed by atoms with Crippen LogP contribution in [0, 0.1) is 28.6 Å². The Bertz CT molecular complexity index is 868. The molecule has 29 heavy (non-hydrogen) atoms. The van der Waals surface area contributed by atoms with Gasteiger partial charge in [0, 0.05) is 23.7 Å². The standard InChI is InChI=1S/C24H30O5/c1-22-8-4-15(25)12-14(22)13-16(21(27)28-3)20-17(22)5-9-23(2)18(20)6-10-24(23)11-7-19(26)29-24/h5,12,16,18,20H,4,6-11,13H2,1-3H3. The highest BCUT2D eigenvalue weighted by Crippen LogP contribution is 2.69. The maximum Gasteiger partial charge on any atom is 0.309 e. The molecule has 1 saturated heterocycles. The summed E-state index contributed by atoms with van der Waals surface area (Å²) in [6.45, 7) is 4.52. The van der Waals surface area contributed by atoms with Crippen molar-refractivity contribution in [1.82, 2.24) is 0 Å². The lowest BCUT2D eigenvalue weighted by atomic mass is 9.48. The third kappa shape index (κ3) is 2.36. The van der Waals surface area contributed by atoms with Crippen LogP contribution in [0.1, 0.15) is 65.2 Å². The van der Waals surface area contributed by atoms with E-state index in [0.717, 1.165) is 37.7 Å². The Morgan fingerprint density at radius 2 is 1.97 bits per heavy atom. The molecule has 0 aromatic carbocycles. The van der Waals surface area contributed by atoms with Gasteiger partial charge in [-0.2, -0.15) is 0 Å². The van der Waals surface area contributed by atoms with Gasteiger partial charge in [-0.05, 0) is 56.4 Å². The zero-order valence-corrected chi connectivity index (χ0v) is 17.6. The van der Waals surface area contributed by atoms with E-state index in [1.54, 1.807) is 6.08 Å². The van der Waals surface area contributed by atoms with Crippen LogP contribution in [-0.2, 0) is 23.9 Å². The second-order valence-corrected chi connectivity index (χ2v) is 10.2. The van der Waals surface area contributed by atoms with Gasteiger partial charge in [0.05, 0.1) is 13.0 Å². The third-order valence-electron chi connectivity index (χ3n) is 9.23. The lowest BCUT2D eigenvalue weighted by molar-refractivity contribution is -0.163. The Hall–Kier alpha value is -1.91. The summed E-state index contributed by atoms with van der Waals surface area (Å²) in [5, 5.41) is 0. The molecule has 5 heteroatoms. The second kappa shape index (κ2) is 6.05. The maximum absolute atomic E-state index is 12.9. The van der Waals surface area contributed by atoms with E-state index in [1.165, 1.54) is 12.7 Å². The molecule has 4 aliphatic carbocycles. The van der Waals surface area contributed by atoms with E-state index in [9.17, 15) is 14.4 Å². The monoisotopic (exact) mass is 398 g/mol. The molecule has 5 nitrogen and oxygen atoms in total. The largest absolute Gasteiger partial charge is 0.469 e. The molecule has 0 radical (unpaired) electrons. The quantitative estimate of drug-likeness (QED) is 0.495. The summed E-state index contributed by atoms with van der Waals surface area (Å²) in [5.74, 6) is 0.00356. The maximum atomic E-state index is 12.9. The molecule has 0 amide bonds. The third-order valence-corrected chi connectivity index (χ3v) is 9.23. The molecule has 1 aliphatic heterocycles. The molecule has 6 atom stereocenters. The number of carbonyl (C=O) groups excluding carboxylic acids is 3. The van der Waals surface area contributed by atoms with Crippen LogP contribution >= 0.6 is 0 Å². The van der Waals surface area contributed by atoms with Crippen molar-refractivity contribution in [2.75, 3.05) is 7.11 Å². The van der Waals surface area contributed by atoms with Crippen LogP contribution < -0.4 is 0 Å². The molecular formula is C24H30O5. The van der Waals surface area contributed by atoms with Gasteiger partial charge in [-0.1, -0.05) is 31.1 Å². The number of carbonyl (C=O) groups is 3. The summed E-state index contributed by atoms with van der Waals surface area (Å²) in [4.78, 5) is 37.1. The van der Waals surface area contributed by atoms with Crippen LogP contribution in [0.3, 0.4) is 0 Å². The average molecular weight is 398 g/mol. The minimum atomic E-state index is -0.392. The molecule has 0 N–H and O–H groups in total. The normalized spacial score (nSPS) is 45.7. The van der Waals surface area contributed by atoms with E-state index in [0.29, 0.717) is 19.3 Å². The summed E-state index contributed by atoms with van der Waals surface area (Å²) in [7, 11) is 1.46. The first-order chi connectivity index (χ1) is 13.7. The number of ether oxygens (including phenoxy) is 2. The number of methoxy groups -OCH3 is 1. The molecule has 5 rings (SSSR count). The lowest BCUT2D eigenvalue weighted by Crippen LogP contribution is -2.53. The minimum Gasteiger partial charge on any atom is -0.469 e. The number of esters is 2. The topological polar surface area (TPSA) is 69.7 Å². The van der Waals surface area contributed by atoms with Crippen LogP contribution in [0.4, 0.5) is 0 Å². The zero-order valence-electron chi connectivity index (χ0n) is 17.6. The van der Waals surface area contributed by atoms with Crippen molar-refractivity contribution in [2.45, 2.75) is 70.8 Å². The van der Waals surface area contributed by atoms with Crippen molar-refractivity contribution in [2.24, 2.45) is 28.6 Å². The Labute approximate surface area is 171 Å². The Morgan fingerprint density at radius 3 is 2.66 bits per heavy atom. The van der Waals surface area contributed by atoms with Crippen molar-refractivity contribution in [1.29, 1.82) is 0 Å². The molecule has 2 saturated carbocycles. The highest BCUT2D eigenvalue weighted by molar-refractivity contribution is 5.92. The lowest BCUT2D eigenvalue weighted by Gasteiger charge is -2.56. The van der Waals surface area contributed by atoms with E-state index in [2.05, 4.69) is 19.9 Å². The van der Waals surface area contributed by atoms with Gasteiger partial charge < -0.3 is 9.47 Å². The van der Waals surface area contributed by atoms with Crippen molar-refractivity contribution in [3.63, 3.8) is 0 Å². The predicted molar refractivity (Wildman–Crippen MR) is 106 cm³/mol. The zero-order chi connectivity index (χ0) is 20.6. The fourth-order valence-corrected chi connectivity index (χ4v) is 7.53. The molecule has 0 bridgehead atoms. The fraction of sp³-hybridized carbons (Fsp3) is 0.708. The fourth-order valence-electron chi connectivity index (χ4n) is 7.53. The first-order valence-electron chi connectivity index (χ1n) is 11.0. The molecule has 0 aromatic rings. The first kappa shape index (κ1) is 19.1. The highest BCUT2D eigenvalue weighted by Gasteiger charge is 2.67. The Kier molecular flexibility index (Phi) is 3.98. The van der Waals surface area contributed by atoms with E-state index in [1.807, 2.05) is 0 Å². The highest BCUT2D eigenvalue weighted by atomic mass is 16.6. The number of fused-ring (bicyclic) bond motifs is 6. The molecule has 1 spiro atoms. The Balaban J connectivity index is 1.63. The number of hydrogen-bond donors (Lipinski definition) is 0. The van der Waals surface area contributed by atoms with Crippen molar-refractivity contribution in [3.8, 4) is 0 Å². The second-order valence-electron chi connectivity index (χ2n) is 10.2. The number of ketones is 1. The molecule has 1 heterocycles. The molecule has 156 valence electrons.